The van der Waals surface area contributed by atoms with Gasteiger partial charge >= 0.3 is 0 Å². The number of furan rings is 1. The van der Waals surface area contributed by atoms with Gasteiger partial charge in [-0.05, 0) is 48.4 Å². The van der Waals surface area contributed by atoms with E-state index in [-0.39, 0.29) is 16.2 Å². The largest absolute Gasteiger partial charge is 0.459 e. The van der Waals surface area contributed by atoms with Crippen molar-refractivity contribution in [3.63, 3.8) is 0 Å². The van der Waals surface area contributed by atoms with Gasteiger partial charge in [-0.1, -0.05) is 6.07 Å². The summed E-state index contributed by atoms with van der Waals surface area (Å²) < 4.78 is 31.9. The molecule has 7 nitrogen and oxygen atoms in total. The summed E-state index contributed by atoms with van der Waals surface area (Å²) in [7, 11) is 1.36. The van der Waals surface area contributed by atoms with E-state index in [4.69, 9.17) is 4.42 Å². The number of likely N-dealkylation sites (N-methyl/N-ethyl adjacent to an activating group) is 1. The van der Waals surface area contributed by atoms with Gasteiger partial charge in [-0.15, -0.1) is 11.3 Å². The van der Waals surface area contributed by atoms with Crippen molar-refractivity contribution in [2.45, 2.75) is 13.0 Å². The zero-order chi connectivity index (χ0) is 21.8. The number of nitrogens with one attached hydrogen (secondary N) is 3. The number of aryl methyl sites for hydroxylation is 1. The Balaban J connectivity index is 1.80. The molecule has 0 saturated carbocycles. The summed E-state index contributed by atoms with van der Waals surface area (Å²) in [5, 5.41) is 7.94. The third-order valence-electron chi connectivity index (χ3n) is 4.17. The van der Waals surface area contributed by atoms with E-state index in [1.54, 1.807) is 19.1 Å². The van der Waals surface area contributed by atoms with Crippen LogP contribution in [0.15, 0.2) is 47.1 Å². The van der Waals surface area contributed by atoms with Crippen LogP contribution in [0.4, 0.5) is 13.8 Å². The molecule has 10 heteroatoms. The Morgan fingerprint density at radius 3 is 2.47 bits per heavy atom. The number of carbonyl (C=O) groups is 3. The van der Waals surface area contributed by atoms with Gasteiger partial charge in [-0.2, -0.15) is 0 Å². The van der Waals surface area contributed by atoms with E-state index in [0.29, 0.717) is 10.6 Å². The zero-order valence-electron chi connectivity index (χ0n) is 15.9. The second-order valence-corrected chi connectivity index (χ2v) is 7.30. The maximum atomic E-state index is 13.6. The molecule has 0 spiro atoms. The molecule has 0 aliphatic heterocycles. The lowest BCUT2D eigenvalue weighted by Crippen LogP contribution is -2.39. The molecule has 3 aromatic rings. The highest BCUT2D eigenvalue weighted by molar-refractivity contribution is 7.18. The number of thiophene rings is 1. The van der Waals surface area contributed by atoms with Crippen LogP contribution in [0.25, 0.3) is 0 Å². The van der Waals surface area contributed by atoms with E-state index in [2.05, 4.69) is 16.0 Å². The van der Waals surface area contributed by atoms with E-state index < -0.39 is 35.4 Å². The van der Waals surface area contributed by atoms with Gasteiger partial charge in [0.1, 0.15) is 6.04 Å². The van der Waals surface area contributed by atoms with Gasteiger partial charge < -0.3 is 20.4 Å². The molecule has 3 rings (SSSR count). The third-order valence-corrected chi connectivity index (χ3v) is 5.32. The summed E-state index contributed by atoms with van der Waals surface area (Å²) in [5.74, 6) is -3.76. The van der Waals surface area contributed by atoms with E-state index in [0.717, 1.165) is 23.5 Å². The highest BCUT2D eigenvalue weighted by Gasteiger charge is 2.25. The molecule has 0 fully saturated rings. The maximum Gasteiger partial charge on any atom is 0.291 e. The van der Waals surface area contributed by atoms with Gasteiger partial charge in [0.05, 0.1) is 16.1 Å². The van der Waals surface area contributed by atoms with Crippen LogP contribution in [0, 0.1) is 18.6 Å². The fraction of sp³-hybridized carbons (Fsp3) is 0.150. The lowest BCUT2D eigenvalue weighted by atomic mass is 10.1. The summed E-state index contributed by atoms with van der Waals surface area (Å²) in [6.45, 7) is 1.67. The summed E-state index contributed by atoms with van der Waals surface area (Å²) in [5.41, 5.74) is 0.648. The summed E-state index contributed by atoms with van der Waals surface area (Å²) in [6.07, 6.45) is 1.37. The van der Waals surface area contributed by atoms with Gasteiger partial charge in [0.2, 0.25) is 5.91 Å². The smallest absolute Gasteiger partial charge is 0.291 e. The van der Waals surface area contributed by atoms with Crippen LogP contribution in [-0.2, 0) is 4.79 Å². The first kappa shape index (κ1) is 21.2. The Morgan fingerprint density at radius 2 is 1.83 bits per heavy atom. The Hall–Kier alpha value is -3.53. The third kappa shape index (κ3) is 4.54. The molecular formula is C20H17F2N3O4S. The lowest BCUT2D eigenvalue weighted by Gasteiger charge is -2.17. The molecule has 0 radical (unpaired) electrons. The first-order valence-corrected chi connectivity index (χ1v) is 9.54. The molecule has 0 bridgehead atoms. The molecule has 1 atom stereocenters. The topological polar surface area (TPSA) is 100 Å². The number of amides is 3. The summed E-state index contributed by atoms with van der Waals surface area (Å²) in [6, 6.07) is 6.39. The molecule has 30 heavy (non-hydrogen) atoms. The molecule has 3 amide bonds. The summed E-state index contributed by atoms with van der Waals surface area (Å²) in [4.78, 5) is 37.4. The molecule has 156 valence electrons. The molecular weight excluding hydrogens is 416 g/mol. The van der Waals surface area contributed by atoms with Crippen LogP contribution in [0.1, 0.15) is 37.4 Å². The van der Waals surface area contributed by atoms with Crippen molar-refractivity contribution in [3.05, 3.63) is 76.1 Å². The Bertz CT molecular complexity index is 1100. The molecule has 0 aliphatic carbocycles. The zero-order valence-corrected chi connectivity index (χ0v) is 16.7. The second-order valence-electron chi connectivity index (χ2n) is 6.25. The number of anilines is 1. The minimum atomic E-state index is -1.24. The summed E-state index contributed by atoms with van der Waals surface area (Å²) >= 11 is 1.00. The van der Waals surface area contributed by atoms with Crippen molar-refractivity contribution in [2.75, 3.05) is 12.4 Å². The quantitative estimate of drug-likeness (QED) is 0.555. The van der Waals surface area contributed by atoms with Crippen LogP contribution in [-0.4, -0.2) is 24.8 Å². The molecule has 3 N–H and O–H groups in total. The Kier molecular flexibility index (Phi) is 6.26. The molecule has 2 aromatic heterocycles. The van der Waals surface area contributed by atoms with Crippen molar-refractivity contribution in [1.29, 1.82) is 0 Å². The van der Waals surface area contributed by atoms with Crippen LogP contribution >= 0.6 is 11.3 Å². The van der Waals surface area contributed by atoms with Crippen molar-refractivity contribution < 1.29 is 27.6 Å². The predicted molar refractivity (Wildman–Crippen MR) is 106 cm³/mol. The first-order valence-electron chi connectivity index (χ1n) is 8.73. The Morgan fingerprint density at radius 1 is 1.07 bits per heavy atom. The van der Waals surface area contributed by atoms with Gasteiger partial charge in [0, 0.05) is 7.05 Å². The highest BCUT2D eigenvalue weighted by atomic mass is 32.1. The van der Waals surface area contributed by atoms with Crippen LogP contribution in [0.5, 0.6) is 0 Å². The number of halogens is 2. The van der Waals surface area contributed by atoms with E-state index in [9.17, 15) is 23.2 Å². The molecule has 2 heterocycles. The van der Waals surface area contributed by atoms with Gasteiger partial charge in [0.25, 0.3) is 11.8 Å². The van der Waals surface area contributed by atoms with Crippen LogP contribution in [0.2, 0.25) is 0 Å². The van der Waals surface area contributed by atoms with Crippen LogP contribution < -0.4 is 16.0 Å². The first-order chi connectivity index (χ1) is 14.3. The monoisotopic (exact) mass is 433 g/mol. The van der Waals surface area contributed by atoms with Crippen LogP contribution in [0.3, 0.4) is 0 Å². The molecule has 1 aromatic carbocycles. The Labute approximate surface area is 174 Å². The van der Waals surface area contributed by atoms with E-state index in [1.807, 2.05) is 0 Å². The van der Waals surface area contributed by atoms with Gasteiger partial charge in [-0.3, -0.25) is 14.4 Å². The number of carbonyl (C=O) groups excluding carboxylic acids is 3. The van der Waals surface area contributed by atoms with Gasteiger partial charge in [-0.25, -0.2) is 8.78 Å². The number of hydrogen-bond acceptors (Lipinski definition) is 5. The van der Waals surface area contributed by atoms with Crippen molar-refractivity contribution in [2.24, 2.45) is 0 Å². The van der Waals surface area contributed by atoms with E-state index in [1.165, 1.54) is 25.4 Å². The molecule has 0 aliphatic rings. The normalized spacial score (nSPS) is 11.6. The van der Waals surface area contributed by atoms with E-state index >= 15 is 0 Å². The molecule has 1 unspecified atom stereocenters. The lowest BCUT2D eigenvalue weighted by molar-refractivity contribution is -0.122. The standard InChI is InChI=1S/C20H17F2N3O4S/c1-10-8-15(24-18(26)14-4-3-7-29-14)30-17(10)20(28)25-16(19(27)23-2)11-5-6-12(21)13(22)9-11/h3-9,16H,1-2H3,(H,23,27)(H,24,26)(H,25,28). The highest BCUT2D eigenvalue weighted by Crippen LogP contribution is 2.28. The van der Waals surface area contributed by atoms with Crippen molar-refractivity contribution in [3.8, 4) is 0 Å². The minimum absolute atomic E-state index is 0.0853. The fourth-order valence-corrected chi connectivity index (χ4v) is 3.65. The van der Waals surface area contributed by atoms with Crippen molar-refractivity contribution >= 4 is 34.1 Å². The number of rotatable bonds is 6. The van der Waals surface area contributed by atoms with Gasteiger partial charge in [0.15, 0.2) is 17.4 Å². The second kappa shape index (κ2) is 8.87. The predicted octanol–water partition coefficient (Wildman–Crippen LogP) is 3.40. The maximum absolute atomic E-state index is 13.6. The van der Waals surface area contributed by atoms with Crippen molar-refractivity contribution in [1.82, 2.24) is 10.6 Å². The number of benzene rings is 1. The minimum Gasteiger partial charge on any atom is -0.459 e. The average Bonchev–Trinajstić information content (AvgIpc) is 3.37. The fourth-order valence-electron chi connectivity index (χ4n) is 2.68. The average molecular weight is 433 g/mol. The SMILES string of the molecule is CNC(=O)C(NC(=O)c1sc(NC(=O)c2ccco2)cc1C)c1ccc(F)c(F)c1. The molecule has 0 saturated heterocycles. The number of hydrogen-bond donors (Lipinski definition) is 3.